The van der Waals surface area contributed by atoms with Crippen molar-refractivity contribution in [3.8, 4) is 5.69 Å². The van der Waals surface area contributed by atoms with E-state index in [-0.39, 0.29) is 0 Å². The van der Waals surface area contributed by atoms with Gasteiger partial charge in [0.15, 0.2) is 0 Å². The fourth-order valence-corrected chi connectivity index (χ4v) is 1.84. The molecule has 0 bridgehead atoms. The predicted octanol–water partition coefficient (Wildman–Crippen LogP) is 1.92. The van der Waals surface area contributed by atoms with Gasteiger partial charge in [-0.05, 0) is 36.2 Å². The van der Waals surface area contributed by atoms with Gasteiger partial charge < -0.3 is 10.1 Å². The van der Waals surface area contributed by atoms with E-state index in [9.17, 15) is 0 Å². The monoisotopic (exact) mass is 245 g/mol. The molecule has 0 saturated carbocycles. The lowest BCUT2D eigenvalue weighted by atomic mass is 10.1. The molecule has 0 amide bonds. The minimum Gasteiger partial charge on any atom is -0.383 e. The number of benzene rings is 1. The van der Waals surface area contributed by atoms with Gasteiger partial charge in [-0.3, -0.25) is 0 Å². The summed E-state index contributed by atoms with van der Waals surface area (Å²) in [6, 6.07) is 8.31. The SMILES string of the molecule is COCCNCc1ccc(-n2cccn2)cc1C. The molecule has 18 heavy (non-hydrogen) atoms. The average Bonchev–Trinajstić information content (AvgIpc) is 2.90. The molecule has 0 aliphatic rings. The van der Waals surface area contributed by atoms with Gasteiger partial charge in [0.2, 0.25) is 0 Å². The topological polar surface area (TPSA) is 39.1 Å². The Bertz CT molecular complexity index is 480. The highest BCUT2D eigenvalue weighted by atomic mass is 16.5. The first kappa shape index (κ1) is 12.8. The number of nitrogens with zero attached hydrogens (tertiary/aromatic N) is 2. The molecule has 96 valence electrons. The zero-order valence-corrected chi connectivity index (χ0v) is 10.9. The van der Waals surface area contributed by atoms with E-state index in [1.807, 2.05) is 16.9 Å². The second-order valence-corrected chi connectivity index (χ2v) is 4.23. The summed E-state index contributed by atoms with van der Waals surface area (Å²) in [6.07, 6.45) is 3.74. The Hall–Kier alpha value is -1.65. The largest absolute Gasteiger partial charge is 0.383 e. The summed E-state index contributed by atoms with van der Waals surface area (Å²) >= 11 is 0. The lowest BCUT2D eigenvalue weighted by molar-refractivity contribution is 0.199. The molecule has 2 rings (SSSR count). The molecule has 1 heterocycles. The van der Waals surface area contributed by atoms with Gasteiger partial charge >= 0.3 is 0 Å². The van der Waals surface area contributed by atoms with Crippen LogP contribution in [0.4, 0.5) is 0 Å². The summed E-state index contributed by atoms with van der Waals surface area (Å²) in [6.45, 7) is 4.61. The standard InChI is InChI=1S/C14H19N3O/c1-12-10-14(17-8-3-6-16-17)5-4-13(12)11-15-7-9-18-2/h3-6,8,10,15H,7,9,11H2,1-2H3. The summed E-state index contributed by atoms with van der Waals surface area (Å²) in [5.74, 6) is 0. The van der Waals surface area contributed by atoms with Crippen LogP contribution in [0.3, 0.4) is 0 Å². The summed E-state index contributed by atoms with van der Waals surface area (Å²) in [4.78, 5) is 0. The highest BCUT2D eigenvalue weighted by molar-refractivity contribution is 5.39. The molecule has 0 spiro atoms. The Labute approximate surface area is 108 Å². The summed E-state index contributed by atoms with van der Waals surface area (Å²) in [5.41, 5.74) is 3.67. The Morgan fingerprint density at radius 3 is 2.94 bits per heavy atom. The second kappa shape index (κ2) is 6.33. The van der Waals surface area contributed by atoms with Crippen molar-refractivity contribution in [3.63, 3.8) is 0 Å². The molecule has 1 N–H and O–H groups in total. The number of hydrogen-bond donors (Lipinski definition) is 1. The third-order valence-electron chi connectivity index (χ3n) is 2.89. The van der Waals surface area contributed by atoms with Gasteiger partial charge in [0.25, 0.3) is 0 Å². The Morgan fingerprint density at radius 2 is 2.28 bits per heavy atom. The van der Waals surface area contributed by atoms with E-state index in [1.165, 1.54) is 11.1 Å². The van der Waals surface area contributed by atoms with Crippen LogP contribution in [-0.2, 0) is 11.3 Å². The predicted molar refractivity (Wildman–Crippen MR) is 71.9 cm³/mol. The van der Waals surface area contributed by atoms with Crippen LogP contribution in [0.15, 0.2) is 36.7 Å². The minimum atomic E-state index is 0.740. The lowest BCUT2D eigenvalue weighted by Crippen LogP contribution is -2.19. The van der Waals surface area contributed by atoms with Crippen molar-refractivity contribution in [3.05, 3.63) is 47.8 Å². The summed E-state index contributed by atoms with van der Waals surface area (Å²) < 4.78 is 6.87. The number of ether oxygens (including phenoxy) is 1. The van der Waals surface area contributed by atoms with Gasteiger partial charge in [-0.15, -0.1) is 0 Å². The van der Waals surface area contributed by atoms with Crippen LogP contribution < -0.4 is 5.32 Å². The third kappa shape index (κ3) is 3.18. The Morgan fingerprint density at radius 1 is 1.39 bits per heavy atom. The number of rotatable bonds is 6. The fraction of sp³-hybridized carbons (Fsp3) is 0.357. The van der Waals surface area contributed by atoms with Crippen LogP contribution >= 0.6 is 0 Å². The lowest BCUT2D eigenvalue weighted by Gasteiger charge is -2.09. The number of nitrogens with one attached hydrogen (secondary N) is 1. The maximum Gasteiger partial charge on any atom is 0.0648 e. The molecule has 1 aromatic heterocycles. The van der Waals surface area contributed by atoms with Gasteiger partial charge in [-0.25, -0.2) is 4.68 Å². The number of hydrogen-bond acceptors (Lipinski definition) is 3. The van der Waals surface area contributed by atoms with Crippen LogP contribution in [-0.4, -0.2) is 30.0 Å². The molecule has 4 nitrogen and oxygen atoms in total. The van der Waals surface area contributed by atoms with Crippen molar-refractivity contribution in [1.82, 2.24) is 15.1 Å². The van der Waals surface area contributed by atoms with Gasteiger partial charge in [-0.2, -0.15) is 5.10 Å². The van der Waals surface area contributed by atoms with Crippen molar-refractivity contribution in [2.45, 2.75) is 13.5 Å². The van der Waals surface area contributed by atoms with E-state index in [4.69, 9.17) is 4.74 Å². The van der Waals surface area contributed by atoms with Crippen LogP contribution in [0.25, 0.3) is 5.69 Å². The molecule has 0 fully saturated rings. The van der Waals surface area contributed by atoms with Gasteiger partial charge in [0.05, 0.1) is 12.3 Å². The van der Waals surface area contributed by atoms with E-state index in [2.05, 4.69) is 35.5 Å². The molecule has 0 aliphatic carbocycles. The molecular formula is C14H19N3O. The first-order valence-electron chi connectivity index (χ1n) is 6.10. The maximum atomic E-state index is 5.00. The molecule has 0 saturated heterocycles. The number of methoxy groups -OCH3 is 1. The number of aryl methyl sites for hydroxylation is 1. The van der Waals surface area contributed by atoms with E-state index in [0.29, 0.717) is 0 Å². The molecule has 0 aliphatic heterocycles. The van der Waals surface area contributed by atoms with Gasteiger partial charge in [-0.1, -0.05) is 6.07 Å². The van der Waals surface area contributed by atoms with Gasteiger partial charge in [0.1, 0.15) is 0 Å². The van der Waals surface area contributed by atoms with E-state index in [0.717, 1.165) is 25.4 Å². The molecule has 4 heteroatoms. The normalized spacial score (nSPS) is 10.8. The average molecular weight is 245 g/mol. The van der Waals surface area contributed by atoms with Crippen molar-refractivity contribution in [2.24, 2.45) is 0 Å². The van der Waals surface area contributed by atoms with Crippen molar-refractivity contribution < 1.29 is 4.74 Å². The Balaban J connectivity index is 2.01. The first-order chi connectivity index (χ1) is 8.81. The van der Waals surface area contributed by atoms with Gasteiger partial charge in [0, 0.05) is 32.6 Å². The highest BCUT2D eigenvalue weighted by Crippen LogP contribution is 2.13. The van der Waals surface area contributed by atoms with E-state index in [1.54, 1.807) is 13.3 Å². The van der Waals surface area contributed by atoms with Crippen molar-refractivity contribution >= 4 is 0 Å². The smallest absolute Gasteiger partial charge is 0.0648 e. The zero-order chi connectivity index (χ0) is 12.8. The third-order valence-corrected chi connectivity index (χ3v) is 2.89. The van der Waals surface area contributed by atoms with Crippen LogP contribution in [0.2, 0.25) is 0 Å². The van der Waals surface area contributed by atoms with Crippen LogP contribution in [0.5, 0.6) is 0 Å². The minimum absolute atomic E-state index is 0.740. The summed E-state index contributed by atoms with van der Waals surface area (Å²) in [5, 5.41) is 7.58. The quantitative estimate of drug-likeness (QED) is 0.790. The van der Waals surface area contributed by atoms with Crippen molar-refractivity contribution in [2.75, 3.05) is 20.3 Å². The first-order valence-corrected chi connectivity index (χ1v) is 6.10. The molecule has 1 aromatic carbocycles. The highest BCUT2D eigenvalue weighted by Gasteiger charge is 2.01. The van der Waals surface area contributed by atoms with Crippen LogP contribution in [0, 0.1) is 6.92 Å². The number of aromatic nitrogens is 2. The molecule has 2 aromatic rings. The summed E-state index contributed by atoms with van der Waals surface area (Å²) in [7, 11) is 1.71. The van der Waals surface area contributed by atoms with E-state index >= 15 is 0 Å². The molecule has 0 atom stereocenters. The van der Waals surface area contributed by atoms with Crippen molar-refractivity contribution in [1.29, 1.82) is 0 Å². The fourth-order valence-electron chi connectivity index (χ4n) is 1.84. The molecule has 0 unspecified atom stereocenters. The Kier molecular flexibility index (Phi) is 4.50. The molecule has 0 radical (unpaired) electrons. The van der Waals surface area contributed by atoms with E-state index < -0.39 is 0 Å². The second-order valence-electron chi connectivity index (χ2n) is 4.23. The van der Waals surface area contributed by atoms with Crippen LogP contribution in [0.1, 0.15) is 11.1 Å². The maximum absolute atomic E-state index is 5.00. The zero-order valence-electron chi connectivity index (χ0n) is 10.9. The molecular weight excluding hydrogens is 226 g/mol.